The standard InChI is InChI=1S/C20H44O5Si3/c1-8-19(21)22-16-15-17-26-23-18-20(24-27(9-2,10-3)11-4)25-28(12-5,13-6)14-7/h8,20H,1,9-18,26H2,2-7H3. The van der Waals surface area contributed by atoms with E-state index in [1.165, 1.54) is 6.08 Å². The van der Waals surface area contributed by atoms with Gasteiger partial charge in [0.1, 0.15) is 0 Å². The van der Waals surface area contributed by atoms with Crippen molar-refractivity contribution in [2.45, 2.75) is 96.6 Å². The van der Waals surface area contributed by atoms with Gasteiger partial charge < -0.3 is 18.0 Å². The lowest BCUT2D eigenvalue weighted by atomic mass is 10.5. The fourth-order valence-corrected chi connectivity index (χ4v) is 9.78. The Labute approximate surface area is 177 Å². The third-order valence-electron chi connectivity index (χ3n) is 5.98. The molecule has 0 heterocycles. The van der Waals surface area contributed by atoms with Crippen molar-refractivity contribution in [2.75, 3.05) is 13.2 Å². The summed E-state index contributed by atoms with van der Waals surface area (Å²) in [7, 11) is -4.17. The molecule has 8 heteroatoms. The van der Waals surface area contributed by atoms with Gasteiger partial charge in [-0.05, 0) is 48.7 Å². The summed E-state index contributed by atoms with van der Waals surface area (Å²) in [6, 6.07) is 7.67. The highest BCUT2D eigenvalue weighted by Gasteiger charge is 2.37. The lowest BCUT2D eigenvalue weighted by molar-refractivity contribution is -0.137. The summed E-state index contributed by atoms with van der Waals surface area (Å²) < 4.78 is 24.4. The molecule has 0 spiro atoms. The van der Waals surface area contributed by atoms with E-state index in [9.17, 15) is 4.79 Å². The first-order valence-electron chi connectivity index (χ1n) is 11.1. The second-order valence-corrected chi connectivity index (χ2v) is 18.3. The van der Waals surface area contributed by atoms with Crippen LogP contribution in [0.4, 0.5) is 0 Å². The van der Waals surface area contributed by atoms with Gasteiger partial charge in [-0.25, -0.2) is 4.79 Å². The van der Waals surface area contributed by atoms with Crippen LogP contribution in [0.25, 0.3) is 0 Å². The zero-order chi connectivity index (χ0) is 21.5. The van der Waals surface area contributed by atoms with E-state index in [2.05, 4.69) is 48.1 Å². The molecular formula is C20H44O5Si3. The molecule has 0 atom stereocenters. The minimum atomic E-state index is -1.75. The van der Waals surface area contributed by atoms with Crippen molar-refractivity contribution in [1.82, 2.24) is 0 Å². The average molecular weight is 449 g/mol. The summed E-state index contributed by atoms with van der Waals surface area (Å²) in [6.07, 6.45) is 1.82. The van der Waals surface area contributed by atoms with Crippen LogP contribution in [0.2, 0.25) is 42.3 Å². The first-order chi connectivity index (χ1) is 13.4. The molecular weight excluding hydrogens is 404 g/mol. The smallest absolute Gasteiger partial charge is 0.330 e. The van der Waals surface area contributed by atoms with Crippen molar-refractivity contribution >= 4 is 32.4 Å². The SMILES string of the molecule is C=CC(=O)OCCC[SiH2]OCC(O[Si](CC)(CC)CC)O[Si](CC)(CC)CC. The molecule has 166 valence electrons. The van der Waals surface area contributed by atoms with E-state index in [1.807, 2.05) is 0 Å². The predicted molar refractivity (Wildman–Crippen MR) is 125 cm³/mol. The van der Waals surface area contributed by atoms with Gasteiger partial charge in [-0.3, -0.25) is 0 Å². The third-order valence-corrected chi connectivity index (χ3v) is 16.5. The summed E-state index contributed by atoms with van der Waals surface area (Å²) in [5, 5.41) is 0. The second kappa shape index (κ2) is 15.6. The minimum absolute atomic E-state index is 0.218. The van der Waals surface area contributed by atoms with Crippen molar-refractivity contribution in [1.29, 1.82) is 0 Å². The molecule has 0 aromatic carbocycles. The molecule has 0 aliphatic rings. The van der Waals surface area contributed by atoms with Gasteiger partial charge in [0, 0.05) is 6.08 Å². The summed E-state index contributed by atoms with van der Waals surface area (Å²) in [5.74, 6) is -0.357. The van der Waals surface area contributed by atoms with Crippen LogP contribution < -0.4 is 0 Å². The molecule has 0 rings (SSSR count). The predicted octanol–water partition coefficient (Wildman–Crippen LogP) is 4.99. The first-order valence-corrected chi connectivity index (χ1v) is 17.8. The van der Waals surface area contributed by atoms with Crippen molar-refractivity contribution in [3.63, 3.8) is 0 Å². The van der Waals surface area contributed by atoms with Crippen LogP contribution >= 0.6 is 0 Å². The Bertz CT molecular complexity index is 388. The van der Waals surface area contributed by atoms with E-state index in [4.69, 9.17) is 18.0 Å². The van der Waals surface area contributed by atoms with E-state index in [-0.39, 0.29) is 12.3 Å². The Hall–Kier alpha value is -0.259. The largest absolute Gasteiger partial charge is 0.463 e. The maximum atomic E-state index is 11.0. The van der Waals surface area contributed by atoms with Crippen LogP contribution in [0.3, 0.4) is 0 Å². The Morgan fingerprint density at radius 2 is 1.39 bits per heavy atom. The van der Waals surface area contributed by atoms with Gasteiger partial charge in [0.25, 0.3) is 0 Å². The second-order valence-electron chi connectivity index (χ2n) is 7.31. The Kier molecular flexibility index (Phi) is 15.4. The molecule has 0 aromatic rings. The summed E-state index contributed by atoms with van der Waals surface area (Å²) in [6.45, 7) is 17.9. The Morgan fingerprint density at radius 1 is 0.929 bits per heavy atom. The minimum Gasteiger partial charge on any atom is -0.463 e. The molecule has 0 amide bonds. The van der Waals surface area contributed by atoms with E-state index in [0.29, 0.717) is 13.2 Å². The van der Waals surface area contributed by atoms with Crippen LogP contribution in [0.15, 0.2) is 12.7 Å². The van der Waals surface area contributed by atoms with Crippen LogP contribution in [0, 0.1) is 0 Å². The number of hydrogen-bond acceptors (Lipinski definition) is 5. The molecule has 0 bridgehead atoms. The van der Waals surface area contributed by atoms with Gasteiger partial charge in [0.15, 0.2) is 32.7 Å². The first kappa shape index (κ1) is 27.7. The van der Waals surface area contributed by atoms with E-state index < -0.39 is 26.4 Å². The van der Waals surface area contributed by atoms with Crippen LogP contribution in [-0.2, 0) is 22.8 Å². The molecule has 28 heavy (non-hydrogen) atoms. The average Bonchev–Trinajstić information content (AvgIpc) is 2.74. The van der Waals surface area contributed by atoms with Crippen LogP contribution in [-0.4, -0.2) is 51.9 Å². The maximum absolute atomic E-state index is 11.0. The van der Waals surface area contributed by atoms with Crippen molar-refractivity contribution in [2.24, 2.45) is 0 Å². The number of carbonyl (C=O) groups is 1. The number of ether oxygens (including phenoxy) is 1. The van der Waals surface area contributed by atoms with Crippen molar-refractivity contribution in [3.8, 4) is 0 Å². The molecule has 0 N–H and O–H groups in total. The summed E-state index contributed by atoms with van der Waals surface area (Å²) in [5.41, 5.74) is 0. The normalized spacial score (nSPS) is 12.8. The lowest BCUT2D eigenvalue weighted by Gasteiger charge is -2.38. The molecule has 0 aliphatic heterocycles. The fraction of sp³-hybridized carbons (Fsp3) is 0.850. The zero-order valence-electron chi connectivity index (χ0n) is 19.2. The van der Waals surface area contributed by atoms with Crippen LogP contribution in [0.1, 0.15) is 48.0 Å². The van der Waals surface area contributed by atoms with E-state index in [1.54, 1.807) is 0 Å². The van der Waals surface area contributed by atoms with Gasteiger partial charge in [-0.2, -0.15) is 0 Å². The molecule has 0 saturated carbocycles. The van der Waals surface area contributed by atoms with Gasteiger partial charge in [0.05, 0.1) is 13.2 Å². The number of esters is 1. The van der Waals surface area contributed by atoms with Crippen LogP contribution in [0.5, 0.6) is 0 Å². The zero-order valence-corrected chi connectivity index (χ0v) is 22.6. The summed E-state index contributed by atoms with van der Waals surface area (Å²) in [4.78, 5) is 11.0. The molecule has 0 aliphatic carbocycles. The fourth-order valence-electron chi connectivity index (χ4n) is 3.37. The van der Waals surface area contributed by atoms with E-state index in [0.717, 1.165) is 48.7 Å². The molecule has 0 aromatic heterocycles. The quantitative estimate of drug-likeness (QED) is 0.0971. The molecule has 0 unspecified atom stereocenters. The molecule has 0 saturated heterocycles. The third kappa shape index (κ3) is 9.98. The molecule has 5 nitrogen and oxygen atoms in total. The van der Waals surface area contributed by atoms with Gasteiger partial charge in [0.2, 0.25) is 0 Å². The highest BCUT2D eigenvalue weighted by molar-refractivity contribution is 6.74. The molecule has 0 radical (unpaired) electrons. The Balaban J connectivity index is 4.73. The van der Waals surface area contributed by atoms with Gasteiger partial charge >= 0.3 is 5.97 Å². The van der Waals surface area contributed by atoms with Gasteiger partial charge in [-0.15, -0.1) is 0 Å². The highest BCUT2D eigenvalue weighted by atomic mass is 28.4. The topological polar surface area (TPSA) is 54.0 Å². The van der Waals surface area contributed by atoms with Crippen molar-refractivity contribution in [3.05, 3.63) is 12.7 Å². The van der Waals surface area contributed by atoms with Gasteiger partial charge in [-0.1, -0.05) is 48.1 Å². The number of hydrogen-bond donors (Lipinski definition) is 0. The highest BCUT2D eigenvalue weighted by Crippen LogP contribution is 2.28. The van der Waals surface area contributed by atoms with E-state index >= 15 is 0 Å². The van der Waals surface area contributed by atoms with Crippen molar-refractivity contribution < 1.29 is 22.8 Å². The molecule has 0 fully saturated rings. The monoisotopic (exact) mass is 448 g/mol. The number of rotatable bonds is 18. The number of carbonyl (C=O) groups excluding carboxylic acids is 1. The summed E-state index contributed by atoms with van der Waals surface area (Å²) >= 11 is 0. The maximum Gasteiger partial charge on any atom is 0.330 e. The lowest BCUT2D eigenvalue weighted by Crippen LogP contribution is -2.48. The Morgan fingerprint density at radius 3 is 1.79 bits per heavy atom.